The maximum Gasteiger partial charge on any atom is 0.335 e. The Balaban J connectivity index is 1.76. The number of furan rings is 1. The molecule has 1 aliphatic rings. The summed E-state index contributed by atoms with van der Waals surface area (Å²) in [5.41, 5.74) is 2.05. The van der Waals surface area contributed by atoms with Crippen molar-refractivity contribution in [3.05, 3.63) is 52.8 Å². The summed E-state index contributed by atoms with van der Waals surface area (Å²) < 4.78 is 32.6. The molecule has 2 N–H and O–H groups in total. The Hall–Kier alpha value is -2.12. The van der Waals surface area contributed by atoms with Gasteiger partial charge in [-0.25, -0.2) is 17.9 Å². The smallest absolute Gasteiger partial charge is 0.335 e. The van der Waals surface area contributed by atoms with Gasteiger partial charge in [0.15, 0.2) is 0 Å². The average molecular weight is 335 g/mol. The summed E-state index contributed by atoms with van der Waals surface area (Å²) in [5.74, 6) is -0.370. The standard InChI is InChI=1S/C16H17NO5S/c1-2-14-5-6-15(22-14)23(20,21)17-13-8-10-3-4-11(16(18)19)7-12(10)9-13/h3-7,13,17H,2,8-9H2,1H3,(H,18,19). The molecule has 1 unspecified atom stereocenters. The molecule has 1 aromatic carbocycles. The molecular weight excluding hydrogens is 318 g/mol. The van der Waals surface area contributed by atoms with Gasteiger partial charge in [0.1, 0.15) is 5.76 Å². The maximum absolute atomic E-state index is 12.3. The van der Waals surface area contributed by atoms with Gasteiger partial charge in [0.2, 0.25) is 5.09 Å². The van der Waals surface area contributed by atoms with E-state index in [-0.39, 0.29) is 16.7 Å². The third-order valence-electron chi connectivity index (χ3n) is 3.96. The van der Waals surface area contributed by atoms with Gasteiger partial charge in [-0.3, -0.25) is 0 Å². The summed E-state index contributed by atoms with van der Waals surface area (Å²) in [6.07, 6.45) is 1.63. The largest absolute Gasteiger partial charge is 0.478 e. The molecule has 0 fully saturated rings. The Labute approximate surface area is 134 Å². The number of sulfonamides is 1. The lowest BCUT2D eigenvalue weighted by atomic mass is 10.1. The van der Waals surface area contributed by atoms with Gasteiger partial charge in [-0.15, -0.1) is 0 Å². The van der Waals surface area contributed by atoms with Crippen LogP contribution >= 0.6 is 0 Å². The fraction of sp³-hybridized carbons (Fsp3) is 0.312. The first-order valence-corrected chi connectivity index (χ1v) is 8.83. The Morgan fingerprint density at radius 3 is 2.65 bits per heavy atom. The van der Waals surface area contributed by atoms with Crippen LogP contribution in [-0.4, -0.2) is 25.5 Å². The first kappa shape index (κ1) is 15.8. The minimum atomic E-state index is -3.71. The van der Waals surface area contributed by atoms with Crippen LogP contribution in [-0.2, 0) is 29.3 Å². The van der Waals surface area contributed by atoms with E-state index < -0.39 is 16.0 Å². The monoisotopic (exact) mass is 335 g/mol. The Kier molecular flexibility index (Phi) is 3.99. The molecule has 0 saturated heterocycles. The number of aromatic carboxylic acids is 1. The van der Waals surface area contributed by atoms with Crippen molar-refractivity contribution in [2.24, 2.45) is 0 Å². The Morgan fingerprint density at radius 2 is 2.00 bits per heavy atom. The lowest BCUT2D eigenvalue weighted by Gasteiger charge is -2.10. The highest BCUT2D eigenvalue weighted by atomic mass is 32.2. The van der Waals surface area contributed by atoms with Crippen LogP contribution < -0.4 is 4.72 Å². The highest BCUT2D eigenvalue weighted by molar-refractivity contribution is 7.89. The molecule has 0 saturated carbocycles. The minimum absolute atomic E-state index is 0.0865. The van der Waals surface area contributed by atoms with Gasteiger partial charge in [-0.1, -0.05) is 13.0 Å². The van der Waals surface area contributed by atoms with Crippen molar-refractivity contribution in [3.63, 3.8) is 0 Å². The van der Waals surface area contributed by atoms with Crippen molar-refractivity contribution in [1.29, 1.82) is 0 Å². The van der Waals surface area contributed by atoms with Crippen molar-refractivity contribution in [2.75, 3.05) is 0 Å². The lowest BCUT2D eigenvalue weighted by molar-refractivity contribution is 0.0696. The van der Waals surface area contributed by atoms with E-state index in [2.05, 4.69) is 4.72 Å². The number of rotatable bonds is 5. The molecule has 1 heterocycles. The van der Waals surface area contributed by atoms with Crippen LogP contribution in [0.5, 0.6) is 0 Å². The summed E-state index contributed by atoms with van der Waals surface area (Å²) in [6, 6.07) is 7.69. The molecule has 1 aliphatic carbocycles. The zero-order valence-corrected chi connectivity index (χ0v) is 13.4. The fourth-order valence-corrected chi connectivity index (χ4v) is 3.99. The number of carboxylic acid groups (broad SMARTS) is 1. The van der Waals surface area contributed by atoms with E-state index in [0.717, 1.165) is 11.1 Å². The van der Waals surface area contributed by atoms with Gasteiger partial charge >= 0.3 is 5.97 Å². The number of carboxylic acids is 1. The number of hydrogen-bond acceptors (Lipinski definition) is 4. The normalized spacial score (nSPS) is 17.2. The Morgan fingerprint density at radius 1 is 1.26 bits per heavy atom. The van der Waals surface area contributed by atoms with Gasteiger partial charge in [0, 0.05) is 12.5 Å². The van der Waals surface area contributed by atoms with E-state index in [9.17, 15) is 13.2 Å². The molecule has 1 atom stereocenters. The molecule has 3 rings (SSSR count). The molecule has 0 amide bonds. The van der Waals surface area contributed by atoms with Crippen LogP contribution in [0.25, 0.3) is 0 Å². The van der Waals surface area contributed by atoms with Crippen LogP contribution in [0.3, 0.4) is 0 Å². The minimum Gasteiger partial charge on any atom is -0.478 e. The van der Waals surface area contributed by atoms with Crippen LogP contribution in [0.1, 0.15) is 34.2 Å². The lowest BCUT2D eigenvalue weighted by Crippen LogP contribution is -2.35. The molecule has 0 spiro atoms. The van der Waals surface area contributed by atoms with Crippen molar-refractivity contribution in [3.8, 4) is 0 Å². The summed E-state index contributed by atoms with van der Waals surface area (Å²) in [5, 5.41) is 8.93. The number of fused-ring (bicyclic) bond motifs is 1. The highest BCUT2D eigenvalue weighted by Crippen LogP contribution is 2.25. The zero-order chi connectivity index (χ0) is 16.6. The van der Waals surface area contributed by atoms with Crippen molar-refractivity contribution in [1.82, 2.24) is 4.72 Å². The van der Waals surface area contributed by atoms with Gasteiger partial charge in [-0.05, 0) is 48.2 Å². The van der Waals surface area contributed by atoms with Crippen LogP contribution in [0.2, 0.25) is 0 Å². The highest BCUT2D eigenvalue weighted by Gasteiger charge is 2.28. The van der Waals surface area contributed by atoms with Crippen molar-refractivity contribution < 1.29 is 22.7 Å². The molecular formula is C16H17NO5S. The average Bonchev–Trinajstić information content (AvgIpc) is 3.12. The van der Waals surface area contributed by atoms with Crippen molar-refractivity contribution >= 4 is 16.0 Å². The second-order valence-corrected chi connectivity index (χ2v) is 7.23. The Bertz CT molecular complexity index is 853. The van der Waals surface area contributed by atoms with Crippen LogP contribution in [0.4, 0.5) is 0 Å². The quantitative estimate of drug-likeness (QED) is 0.871. The number of nitrogens with one attached hydrogen (secondary N) is 1. The molecule has 7 heteroatoms. The maximum atomic E-state index is 12.3. The summed E-state index contributed by atoms with van der Waals surface area (Å²) in [7, 11) is -3.71. The molecule has 1 aromatic heterocycles. The van der Waals surface area contributed by atoms with E-state index in [1.807, 2.05) is 6.92 Å². The molecule has 0 bridgehead atoms. The summed E-state index contributed by atoms with van der Waals surface area (Å²) in [4.78, 5) is 11.0. The van der Waals surface area contributed by atoms with Crippen LogP contribution in [0, 0.1) is 0 Å². The van der Waals surface area contributed by atoms with Gasteiger partial charge in [0.05, 0.1) is 5.56 Å². The van der Waals surface area contributed by atoms with E-state index in [1.165, 1.54) is 12.1 Å². The topological polar surface area (TPSA) is 96.6 Å². The van der Waals surface area contributed by atoms with E-state index in [4.69, 9.17) is 9.52 Å². The third kappa shape index (κ3) is 3.16. The van der Waals surface area contributed by atoms with E-state index in [1.54, 1.807) is 18.2 Å². The first-order valence-electron chi connectivity index (χ1n) is 7.35. The SMILES string of the molecule is CCc1ccc(S(=O)(=O)NC2Cc3ccc(C(=O)O)cc3C2)o1. The first-order chi connectivity index (χ1) is 10.9. The van der Waals surface area contributed by atoms with Crippen LogP contribution in [0.15, 0.2) is 39.8 Å². The number of carbonyl (C=O) groups is 1. The van der Waals surface area contributed by atoms with E-state index in [0.29, 0.717) is 25.0 Å². The van der Waals surface area contributed by atoms with Crippen molar-refractivity contribution in [2.45, 2.75) is 37.3 Å². The third-order valence-corrected chi connectivity index (χ3v) is 5.35. The second kappa shape index (κ2) is 5.82. The summed E-state index contributed by atoms with van der Waals surface area (Å²) in [6.45, 7) is 1.89. The molecule has 0 radical (unpaired) electrons. The number of hydrogen-bond donors (Lipinski definition) is 2. The molecule has 0 aliphatic heterocycles. The number of aryl methyl sites for hydroxylation is 1. The predicted octanol–water partition coefficient (Wildman–Crippen LogP) is 1.99. The van der Waals surface area contributed by atoms with Gasteiger partial charge in [-0.2, -0.15) is 0 Å². The zero-order valence-electron chi connectivity index (χ0n) is 12.6. The molecule has 2 aromatic rings. The second-order valence-electron chi connectivity index (χ2n) is 5.59. The fourth-order valence-electron chi connectivity index (χ4n) is 2.80. The molecule has 6 nitrogen and oxygen atoms in total. The van der Waals surface area contributed by atoms with Gasteiger partial charge in [0.25, 0.3) is 10.0 Å². The summed E-state index contributed by atoms with van der Waals surface area (Å²) >= 11 is 0. The number of benzene rings is 1. The predicted molar refractivity (Wildman–Crippen MR) is 83.0 cm³/mol. The molecule has 122 valence electrons. The van der Waals surface area contributed by atoms with Gasteiger partial charge < -0.3 is 9.52 Å². The van der Waals surface area contributed by atoms with E-state index >= 15 is 0 Å². The molecule has 23 heavy (non-hydrogen) atoms.